The third-order valence-corrected chi connectivity index (χ3v) is 7.31. The van der Waals surface area contributed by atoms with Gasteiger partial charge in [0.1, 0.15) is 11.1 Å². The highest BCUT2D eigenvalue weighted by Gasteiger charge is 2.48. The quantitative estimate of drug-likeness (QED) is 0.626. The number of thiophene rings is 1. The van der Waals surface area contributed by atoms with Gasteiger partial charge < -0.3 is 10.4 Å². The van der Waals surface area contributed by atoms with Crippen LogP contribution >= 0.6 is 11.3 Å². The lowest BCUT2D eigenvalue weighted by atomic mass is 9.62. The monoisotopic (exact) mass is 370 g/mol. The Morgan fingerprint density at radius 1 is 1.12 bits per heavy atom. The zero-order valence-electron chi connectivity index (χ0n) is 14.5. The summed E-state index contributed by atoms with van der Waals surface area (Å²) < 4.78 is 0. The topological polar surface area (TPSA) is 90.2 Å². The third-order valence-electron chi connectivity index (χ3n) is 6.11. The van der Waals surface area contributed by atoms with Crippen molar-refractivity contribution in [3.8, 4) is 6.07 Å². The Morgan fingerprint density at radius 2 is 1.81 bits per heavy atom. The number of carboxylic acids is 1. The molecule has 1 fully saturated rings. The molecule has 1 saturated carbocycles. The number of carbonyl (C=O) groups is 2. The van der Waals surface area contributed by atoms with Gasteiger partial charge in [-0.1, -0.05) is 18.6 Å². The van der Waals surface area contributed by atoms with E-state index in [0.29, 0.717) is 10.6 Å². The molecule has 1 heterocycles. The van der Waals surface area contributed by atoms with Crippen molar-refractivity contribution in [1.82, 2.24) is 0 Å². The number of allylic oxidation sites excluding steroid dienone is 2. The Hall–Kier alpha value is -2.13. The van der Waals surface area contributed by atoms with Crippen molar-refractivity contribution >= 4 is 28.2 Å². The van der Waals surface area contributed by atoms with Gasteiger partial charge in [-0.15, -0.1) is 11.3 Å². The molecule has 5 nitrogen and oxygen atoms in total. The summed E-state index contributed by atoms with van der Waals surface area (Å²) >= 11 is 1.50. The van der Waals surface area contributed by atoms with Crippen LogP contribution in [-0.4, -0.2) is 17.0 Å². The number of hydrogen-bond donors (Lipinski definition) is 2. The second kappa shape index (κ2) is 6.88. The van der Waals surface area contributed by atoms with Crippen molar-refractivity contribution in [2.75, 3.05) is 5.32 Å². The molecule has 1 amide bonds. The molecule has 136 valence electrons. The normalized spacial score (nSPS) is 29.5. The number of nitriles is 1. The van der Waals surface area contributed by atoms with Crippen LogP contribution in [0.3, 0.4) is 0 Å². The number of aryl methyl sites for hydroxylation is 1. The Kier molecular flexibility index (Phi) is 4.58. The first-order chi connectivity index (χ1) is 12.6. The summed E-state index contributed by atoms with van der Waals surface area (Å²) in [6, 6.07) is 2.27. The predicted octanol–water partition coefficient (Wildman–Crippen LogP) is 3.74. The van der Waals surface area contributed by atoms with E-state index in [1.807, 2.05) is 12.2 Å². The first kappa shape index (κ1) is 17.3. The molecule has 2 bridgehead atoms. The number of hydrogen-bond acceptors (Lipinski definition) is 4. The van der Waals surface area contributed by atoms with Gasteiger partial charge in [-0.2, -0.15) is 5.26 Å². The zero-order valence-corrected chi connectivity index (χ0v) is 15.3. The van der Waals surface area contributed by atoms with Crippen LogP contribution in [-0.2, 0) is 22.4 Å². The number of nitrogens with zero attached hydrogens (tertiary/aromatic N) is 1. The Balaban J connectivity index is 1.62. The molecular formula is C20H22N2O3S. The molecule has 1 aromatic heterocycles. The SMILES string of the molecule is N#Cc1c(NC(=O)[C@H]2[C@@H](C(=O)O)[C@H]3C=C[C@@H]2CC3)sc2c1CCCCC2. The number of rotatable bonds is 3. The predicted molar refractivity (Wildman–Crippen MR) is 98.9 cm³/mol. The van der Waals surface area contributed by atoms with Gasteiger partial charge in [0.2, 0.25) is 5.91 Å². The van der Waals surface area contributed by atoms with Gasteiger partial charge in [-0.3, -0.25) is 9.59 Å². The van der Waals surface area contributed by atoms with Gasteiger partial charge in [-0.05, 0) is 55.9 Å². The van der Waals surface area contributed by atoms with Crippen molar-refractivity contribution in [3.05, 3.63) is 28.2 Å². The van der Waals surface area contributed by atoms with Crippen molar-refractivity contribution in [2.45, 2.75) is 44.9 Å². The summed E-state index contributed by atoms with van der Waals surface area (Å²) in [6.45, 7) is 0. The average molecular weight is 370 g/mol. The van der Waals surface area contributed by atoms with Gasteiger partial charge >= 0.3 is 5.97 Å². The van der Waals surface area contributed by atoms with E-state index in [-0.39, 0.29) is 17.7 Å². The minimum absolute atomic E-state index is 0.0237. The average Bonchev–Trinajstić information content (AvgIpc) is 2.81. The fraction of sp³-hybridized carbons (Fsp3) is 0.550. The lowest BCUT2D eigenvalue weighted by molar-refractivity contribution is -0.151. The molecule has 5 rings (SSSR count). The van der Waals surface area contributed by atoms with Gasteiger partial charge in [0.15, 0.2) is 0 Å². The fourth-order valence-corrected chi connectivity index (χ4v) is 6.08. The van der Waals surface area contributed by atoms with Crippen LogP contribution in [0.15, 0.2) is 12.2 Å². The minimum Gasteiger partial charge on any atom is -0.481 e. The molecule has 6 heteroatoms. The van der Waals surface area contributed by atoms with Crippen LogP contribution in [0, 0.1) is 35.0 Å². The number of amides is 1. The smallest absolute Gasteiger partial charge is 0.307 e. The maximum absolute atomic E-state index is 13.0. The van der Waals surface area contributed by atoms with E-state index in [4.69, 9.17) is 0 Å². The van der Waals surface area contributed by atoms with Gasteiger partial charge in [0, 0.05) is 4.88 Å². The number of carboxylic acid groups (broad SMARTS) is 1. The van der Waals surface area contributed by atoms with E-state index in [2.05, 4.69) is 11.4 Å². The van der Waals surface area contributed by atoms with E-state index < -0.39 is 17.8 Å². The van der Waals surface area contributed by atoms with Crippen molar-refractivity contribution in [2.24, 2.45) is 23.7 Å². The third kappa shape index (κ3) is 2.84. The molecule has 1 aromatic rings. The Morgan fingerprint density at radius 3 is 2.46 bits per heavy atom. The van der Waals surface area contributed by atoms with Crippen LogP contribution in [0.5, 0.6) is 0 Å². The molecule has 0 aromatic carbocycles. The molecule has 26 heavy (non-hydrogen) atoms. The highest BCUT2D eigenvalue weighted by molar-refractivity contribution is 7.16. The number of nitrogens with one attached hydrogen (secondary N) is 1. The maximum atomic E-state index is 13.0. The van der Waals surface area contributed by atoms with Crippen molar-refractivity contribution in [3.63, 3.8) is 0 Å². The molecule has 4 atom stereocenters. The molecule has 4 aliphatic rings. The minimum atomic E-state index is -0.897. The second-order valence-corrected chi connectivity index (χ2v) is 8.65. The zero-order chi connectivity index (χ0) is 18.3. The number of anilines is 1. The molecule has 0 radical (unpaired) electrons. The summed E-state index contributed by atoms with van der Waals surface area (Å²) in [5.41, 5.74) is 1.67. The van der Waals surface area contributed by atoms with Crippen LogP contribution in [0.1, 0.15) is 48.1 Å². The van der Waals surface area contributed by atoms with E-state index in [0.717, 1.165) is 44.1 Å². The molecule has 2 N–H and O–H groups in total. The molecular weight excluding hydrogens is 348 g/mol. The van der Waals surface area contributed by atoms with E-state index in [1.165, 1.54) is 22.6 Å². The summed E-state index contributed by atoms with van der Waals surface area (Å²) in [5.74, 6) is -2.45. The molecule has 0 saturated heterocycles. The van der Waals surface area contributed by atoms with Gasteiger partial charge in [-0.25, -0.2) is 0 Å². The first-order valence-electron chi connectivity index (χ1n) is 9.36. The Bertz CT molecular complexity index is 820. The van der Waals surface area contributed by atoms with Crippen molar-refractivity contribution in [1.29, 1.82) is 5.26 Å². The van der Waals surface area contributed by atoms with Gasteiger partial charge in [0.25, 0.3) is 0 Å². The van der Waals surface area contributed by atoms with E-state index in [1.54, 1.807) is 0 Å². The second-order valence-electron chi connectivity index (χ2n) is 7.55. The number of aliphatic carboxylic acids is 1. The Labute approximate surface area is 156 Å². The largest absolute Gasteiger partial charge is 0.481 e. The highest BCUT2D eigenvalue weighted by Crippen LogP contribution is 2.46. The van der Waals surface area contributed by atoms with E-state index in [9.17, 15) is 20.0 Å². The van der Waals surface area contributed by atoms with E-state index >= 15 is 0 Å². The van der Waals surface area contributed by atoms with Gasteiger partial charge in [0.05, 0.1) is 17.4 Å². The standard InChI is InChI=1S/C20H22N2O3S/c21-10-14-13-4-2-1-3-5-15(13)26-19(14)22-18(23)16-11-6-8-12(9-7-11)17(16)20(24)25/h6,8,11-12,16-17H,1-5,7,9H2,(H,22,23)(H,24,25)/t11-,12+,16-,17+/m1/s1. The molecule has 4 aliphatic carbocycles. The summed E-state index contributed by atoms with van der Waals surface area (Å²) in [4.78, 5) is 26.0. The van der Waals surface area contributed by atoms with Crippen molar-refractivity contribution < 1.29 is 14.7 Å². The summed E-state index contributed by atoms with van der Waals surface area (Å²) in [6.07, 6.45) is 10.9. The summed E-state index contributed by atoms with van der Waals surface area (Å²) in [7, 11) is 0. The number of fused-ring (bicyclic) bond motifs is 3. The molecule has 0 unspecified atom stereocenters. The maximum Gasteiger partial charge on any atom is 0.307 e. The fourth-order valence-electron chi connectivity index (χ4n) is 4.83. The first-order valence-corrected chi connectivity index (χ1v) is 10.2. The lowest BCUT2D eigenvalue weighted by Crippen LogP contribution is -2.47. The number of carbonyl (C=O) groups excluding carboxylic acids is 1. The lowest BCUT2D eigenvalue weighted by Gasteiger charge is -2.41. The van der Waals surface area contributed by atoms with Crippen LogP contribution < -0.4 is 5.32 Å². The molecule has 0 spiro atoms. The summed E-state index contributed by atoms with van der Waals surface area (Å²) in [5, 5.41) is 22.8. The highest BCUT2D eigenvalue weighted by atomic mass is 32.1. The molecule has 0 aliphatic heterocycles. The van der Waals surface area contributed by atoms with Crippen LogP contribution in [0.2, 0.25) is 0 Å². The van der Waals surface area contributed by atoms with Crippen LogP contribution in [0.25, 0.3) is 0 Å². The van der Waals surface area contributed by atoms with Crippen LogP contribution in [0.4, 0.5) is 5.00 Å².